The molecule has 0 fully saturated rings. The first-order valence-corrected chi connectivity index (χ1v) is 8.81. The first kappa shape index (κ1) is 17.6. The highest BCUT2D eigenvalue weighted by Gasteiger charge is 2.20. The van der Waals surface area contributed by atoms with Gasteiger partial charge in [-0.15, -0.1) is 5.10 Å². The van der Waals surface area contributed by atoms with Crippen LogP contribution in [0.1, 0.15) is 29.3 Å². The zero-order chi connectivity index (χ0) is 19.3. The van der Waals surface area contributed by atoms with Crippen molar-refractivity contribution in [2.24, 2.45) is 0 Å². The van der Waals surface area contributed by atoms with E-state index in [4.69, 9.17) is 9.26 Å². The maximum atomic E-state index is 12.5. The Balaban J connectivity index is 1.62. The summed E-state index contributed by atoms with van der Waals surface area (Å²) in [6, 6.07) is 19.0. The lowest BCUT2D eigenvalue weighted by atomic mass is 10.2. The van der Waals surface area contributed by atoms with Crippen LogP contribution in [0.4, 0.5) is 0 Å². The van der Waals surface area contributed by atoms with Gasteiger partial charge in [-0.1, -0.05) is 60.6 Å². The summed E-state index contributed by atoms with van der Waals surface area (Å²) in [5, 5.41) is 8.12. The SMILES string of the molecule is CCc1noc(COC(=O)c2nc(-c3ccccc3)n(-c3ccccc3)n2)n1. The fourth-order valence-corrected chi connectivity index (χ4v) is 2.61. The maximum absolute atomic E-state index is 12.5. The Bertz CT molecular complexity index is 1020. The van der Waals surface area contributed by atoms with Crippen molar-refractivity contribution in [2.45, 2.75) is 20.0 Å². The Morgan fingerprint density at radius 1 is 1.04 bits per heavy atom. The minimum absolute atomic E-state index is 0.0436. The Morgan fingerprint density at radius 3 is 2.43 bits per heavy atom. The summed E-state index contributed by atoms with van der Waals surface area (Å²) in [6.45, 7) is 1.78. The molecular formula is C20H17N5O3. The number of para-hydroxylation sites is 1. The zero-order valence-electron chi connectivity index (χ0n) is 15.1. The predicted octanol–water partition coefficient (Wildman–Crippen LogP) is 3.24. The molecule has 0 aliphatic heterocycles. The van der Waals surface area contributed by atoms with E-state index in [1.807, 2.05) is 67.6 Å². The summed E-state index contributed by atoms with van der Waals surface area (Å²) in [5.41, 5.74) is 1.62. The first-order valence-electron chi connectivity index (χ1n) is 8.81. The minimum Gasteiger partial charge on any atom is -0.450 e. The summed E-state index contributed by atoms with van der Waals surface area (Å²) >= 11 is 0. The van der Waals surface area contributed by atoms with Gasteiger partial charge in [0.15, 0.2) is 18.3 Å². The standard InChI is InChI=1S/C20H17N5O3/c1-2-16-21-17(28-24-16)13-27-20(26)18-22-19(14-9-5-3-6-10-14)25(23-18)15-11-7-4-8-12-15/h3-12H,2,13H2,1H3. The molecule has 8 heteroatoms. The van der Waals surface area contributed by atoms with Gasteiger partial charge in [-0.25, -0.2) is 14.5 Å². The molecular weight excluding hydrogens is 358 g/mol. The molecule has 0 spiro atoms. The van der Waals surface area contributed by atoms with E-state index in [2.05, 4.69) is 20.2 Å². The number of hydrogen-bond acceptors (Lipinski definition) is 7. The number of ether oxygens (including phenoxy) is 1. The van der Waals surface area contributed by atoms with Crippen molar-refractivity contribution in [1.29, 1.82) is 0 Å². The normalized spacial score (nSPS) is 10.8. The van der Waals surface area contributed by atoms with E-state index in [-0.39, 0.29) is 18.3 Å². The van der Waals surface area contributed by atoms with Gasteiger partial charge in [-0.2, -0.15) is 4.98 Å². The third-order valence-corrected chi connectivity index (χ3v) is 3.98. The molecule has 0 atom stereocenters. The van der Waals surface area contributed by atoms with Crippen molar-refractivity contribution in [3.8, 4) is 17.1 Å². The zero-order valence-corrected chi connectivity index (χ0v) is 15.1. The van der Waals surface area contributed by atoms with Gasteiger partial charge in [0.05, 0.1) is 5.69 Å². The van der Waals surface area contributed by atoms with E-state index >= 15 is 0 Å². The molecule has 8 nitrogen and oxygen atoms in total. The molecule has 0 aliphatic carbocycles. The van der Waals surface area contributed by atoms with Crippen molar-refractivity contribution >= 4 is 5.97 Å². The first-order chi connectivity index (χ1) is 13.7. The van der Waals surface area contributed by atoms with Crippen LogP contribution in [0.15, 0.2) is 65.2 Å². The van der Waals surface area contributed by atoms with Crippen molar-refractivity contribution in [3.63, 3.8) is 0 Å². The second-order valence-corrected chi connectivity index (χ2v) is 5.91. The lowest BCUT2D eigenvalue weighted by Crippen LogP contribution is -2.08. The average Bonchev–Trinajstić information content (AvgIpc) is 3.40. The topological polar surface area (TPSA) is 95.9 Å². The second-order valence-electron chi connectivity index (χ2n) is 5.91. The van der Waals surface area contributed by atoms with Crippen LogP contribution >= 0.6 is 0 Å². The highest BCUT2D eigenvalue weighted by Crippen LogP contribution is 2.21. The van der Waals surface area contributed by atoms with E-state index in [1.54, 1.807) is 4.68 Å². The van der Waals surface area contributed by atoms with Gasteiger partial charge in [0.2, 0.25) is 0 Å². The number of aryl methyl sites for hydroxylation is 1. The molecule has 0 N–H and O–H groups in total. The van der Waals surface area contributed by atoms with Crippen LogP contribution in [0.2, 0.25) is 0 Å². The van der Waals surface area contributed by atoms with Crippen LogP contribution in [-0.2, 0) is 17.8 Å². The molecule has 4 rings (SSSR count). The van der Waals surface area contributed by atoms with Crippen molar-refractivity contribution in [2.75, 3.05) is 0 Å². The predicted molar refractivity (Wildman–Crippen MR) is 99.6 cm³/mol. The number of carbonyl (C=O) groups excluding carboxylic acids is 1. The Kier molecular flexibility index (Phi) is 4.92. The number of nitrogens with zero attached hydrogens (tertiary/aromatic N) is 5. The molecule has 0 radical (unpaired) electrons. The lowest BCUT2D eigenvalue weighted by Gasteiger charge is -2.05. The molecule has 0 saturated carbocycles. The Hall–Kier alpha value is -3.81. The molecule has 2 heterocycles. The fourth-order valence-electron chi connectivity index (χ4n) is 2.61. The second kappa shape index (κ2) is 7.83. The van der Waals surface area contributed by atoms with Crippen LogP contribution in [0.25, 0.3) is 17.1 Å². The summed E-state index contributed by atoms with van der Waals surface area (Å²) in [5.74, 6) is 0.630. The molecule has 4 aromatic rings. The molecule has 2 aromatic carbocycles. The molecule has 0 unspecified atom stereocenters. The molecule has 0 aliphatic rings. The third-order valence-electron chi connectivity index (χ3n) is 3.98. The number of rotatable bonds is 6. The number of benzene rings is 2. The van der Waals surface area contributed by atoms with Gasteiger partial charge in [0.25, 0.3) is 11.7 Å². The highest BCUT2D eigenvalue weighted by molar-refractivity contribution is 5.85. The smallest absolute Gasteiger partial charge is 0.378 e. The largest absolute Gasteiger partial charge is 0.450 e. The number of carbonyl (C=O) groups is 1. The summed E-state index contributed by atoms with van der Waals surface area (Å²) in [4.78, 5) is 21.0. The molecule has 140 valence electrons. The van der Waals surface area contributed by atoms with Crippen LogP contribution in [0, 0.1) is 0 Å². The van der Waals surface area contributed by atoms with E-state index in [9.17, 15) is 4.79 Å². The Morgan fingerprint density at radius 2 is 1.75 bits per heavy atom. The van der Waals surface area contributed by atoms with Crippen LogP contribution in [0.3, 0.4) is 0 Å². The number of esters is 1. The summed E-state index contributed by atoms with van der Waals surface area (Å²) in [7, 11) is 0. The van der Waals surface area contributed by atoms with E-state index in [0.717, 1.165) is 11.3 Å². The number of aromatic nitrogens is 5. The van der Waals surface area contributed by atoms with Gasteiger partial charge in [0, 0.05) is 12.0 Å². The van der Waals surface area contributed by atoms with Crippen molar-refractivity contribution < 1.29 is 14.1 Å². The minimum atomic E-state index is -0.664. The van der Waals surface area contributed by atoms with Gasteiger partial charge in [-0.05, 0) is 12.1 Å². The third kappa shape index (κ3) is 3.66. The molecule has 0 saturated heterocycles. The summed E-state index contributed by atoms with van der Waals surface area (Å²) < 4.78 is 11.9. The maximum Gasteiger partial charge on any atom is 0.378 e. The highest BCUT2D eigenvalue weighted by atomic mass is 16.6. The quantitative estimate of drug-likeness (QED) is 0.477. The lowest BCUT2D eigenvalue weighted by molar-refractivity contribution is 0.0415. The van der Waals surface area contributed by atoms with E-state index < -0.39 is 5.97 Å². The fraction of sp³-hybridized carbons (Fsp3) is 0.150. The van der Waals surface area contributed by atoms with Crippen molar-refractivity contribution in [3.05, 3.63) is 78.2 Å². The van der Waals surface area contributed by atoms with Gasteiger partial charge in [0.1, 0.15) is 0 Å². The van der Waals surface area contributed by atoms with Crippen LogP contribution < -0.4 is 0 Å². The van der Waals surface area contributed by atoms with Crippen LogP contribution in [-0.4, -0.2) is 30.9 Å². The monoisotopic (exact) mass is 375 g/mol. The Labute approximate surface area is 160 Å². The van der Waals surface area contributed by atoms with Crippen molar-refractivity contribution in [1.82, 2.24) is 24.9 Å². The van der Waals surface area contributed by atoms with Gasteiger partial charge >= 0.3 is 5.97 Å². The van der Waals surface area contributed by atoms with Crippen LogP contribution in [0.5, 0.6) is 0 Å². The molecule has 0 bridgehead atoms. The van der Waals surface area contributed by atoms with Gasteiger partial charge < -0.3 is 9.26 Å². The van der Waals surface area contributed by atoms with E-state index in [0.29, 0.717) is 18.1 Å². The molecule has 0 amide bonds. The number of hydrogen-bond donors (Lipinski definition) is 0. The average molecular weight is 375 g/mol. The van der Waals surface area contributed by atoms with Gasteiger partial charge in [-0.3, -0.25) is 0 Å². The summed E-state index contributed by atoms with van der Waals surface area (Å²) in [6.07, 6.45) is 0.640. The van der Waals surface area contributed by atoms with E-state index in [1.165, 1.54) is 0 Å². The molecule has 2 aromatic heterocycles. The molecule has 28 heavy (non-hydrogen) atoms.